The lowest BCUT2D eigenvalue weighted by Gasteiger charge is -2.12. The van der Waals surface area contributed by atoms with Crippen molar-refractivity contribution in [3.63, 3.8) is 0 Å². The molecule has 3 aromatic rings. The van der Waals surface area contributed by atoms with Crippen LogP contribution in [0.25, 0.3) is 9.88 Å². The molecular formula is C17H13F3N2OS2. The molecule has 0 bridgehead atoms. The van der Waals surface area contributed by atoms with Gasteiger partial charge in [-0.15, -0.1) is 22.7 Å². The van der Waals surface area contributed by atoms with Crippen LogP contribution in [-0.2, 0) is 17.4 Å². The molecule has 1 N–H and O–H groups in total. The molecule has 3 rings (SSSR count). The quantitative estimate of drug-likeness (QED) is 0.658. The lowest BCUT2D eigenvalue weighted by molar-refractivity contribution is -0.138. The molecule has 2 aromatic heterocycles. The van der Waals surface area contributed by atoms with Gasteiger partial charge in [0.15, 0.2) is 0 Å². The molecule has 0 spiro atoms. The number of hydrogen-bond acceptors (Lipinski definition) is 4. The number of aromatic nitrogens is 1. The van der Waals surface area contributed by atoms with Crippen molar-refractivity contribution in [2.24, 2.45) is 0 Å². The van der Waals surface area contributed by atoms with Gasteiger partial charge in [-0.05, 0) is 36.1 Å². The van der Waals surface area contributed by atoms with E-state index in [1.54, 1.807) is 16.7 Å². The van der Waals surface area contributed by atoms with E-state index < -0.39 is 17.6 Å². The molecule has 0 saturated carbocycles. The first-order chi connectivity index (χ1) is 11.8. The minimum atomic E-state index is -4.45. The average molecular weight is 382 g/mol. The van der Waals surface area contributed by atoms with Gasteiger partial charge in [0.2, 0.25) is 5.91 Å². The number of nitrogens with one attached hydrogen (secondary N) is 1. The van der Waals surface area contributed by atoms with Gasteiger partial charge in [0.25, 0.3) is 0 Å². The first-order valence-electron chi connectivity index (χ1n) is 7.29. The number of alkyl halides is 3. The van der Waals surface area contributed by atoms with Gasteiger partial charge in [-0.1, -0.05) is 12.1 Å². The number of rotatable bonds is 4. The van der Waals surface area contributed by atoms with Crippen molar-refractivity contribution >= 4 is 34.3 Å². The number of carbonyl (C=O) groups excluding carboxylic acids is 1. The van der Waals surface area contributed by atoms with E-state index in [1.807, 2.05) is 17.5 Å². The van der Waals surface area contributed by atoms with Crippen LogP contribution in [0.4, 0.5) is 18.9 Å². The summed E-state index contributed by atoms with van der Waals surface area (Å²) in [5, 5.41) is 7.05. The Kier molecular flexibility index (Phi) is 4.91. The number of nitrogens with zero attached hydrogens (tertiary/aromatic N) is 1. The SMILES string of the molecule is Cc1ccc(NC(=O)Cc2csc(-c3cccs3)n2)cc1C(F)(F)F. The third kappa shape index (κ3) is 4.26. The standard InChI is InChI=1S/C17H13F3N2OS2/c1-10-4-5-11(7-13(10)17(18,19)20)21-15(23)8-12-9-25-16(22-12)14-3-2-6-24-14/h2-7,9H,8H2,1H3,(H,21,23). The Labute approximate surface area is 150 Å². The summed E-state index contributed by atoms with van der Waals surface area (Å²) >= 11 is 2.99. The van der Waals surface area contributed by atoms with Gasteiger partial charge in [-0.25, -0.2) is 4.98 Å². The molecular weight excluding hydrogens is 369 g/mol. The van der Waals surface area contributed by atoms with Gasteiger partial charge in [0.05, 0.1) is 22.6 Å². The summed E-state index contributed by atoms with van der Waals surface area (Å²) in [5.74, 6) is -0.403. The molecule has 0 aliphatic heterocycles. The summed E-state index contributed by atoms with van der Waals surface area (Å²) in [6, 6.07) is 7.61. The van der Waals surface area contributed by atoms with Gasteiger partial charge >= 0.3 is 6.18 Å². The first-order valence-corrected chi connectivity index (χ1v) is 9.05. The number of thiazole rings is 1. The molecule has 0 radical (unpaired) electrons. The lowest BCUT2D eigenvalue weighted by Crippen LogP contribution is -2.16. The normalized spacial score (nSPS) is 11.5. The number of halogens is 3. The molecule has 0 atom stereocenters. The van der Waals surface area contributed by atoms with Crippen molar-refractivity contribution in [3.8, 4) is 9.88 Å². The van der Waals surface area contributed by atoms with Crippen LogP contribution >= 0.6 is 22.7 Å². The molecule has 25 heavy (non-hydrogen) atoms. The van der Waals surface area contributed by atoms with Gasteiger partial charge in [-0.2, -0.15) is 13.2 Å². The number of aryl methyl sites for hydroxylation is 1. The molecule has 8 heteroatoms. The summed E-state index contributed by atoms with van der Waals surface area (Å²) in [4.78, 5) is 17.5. The Hall–Kier alpha value is -2.19. The first kappa shape index (κ1) is 17.6. The molecule has 0 aliphatic rings. The van der Waals surface area contributed by atoms with Crippen LogP contribution in [0.2, 0.25) is 0 Å². The Bertz CT molecular complexity index is 886. The Morgan fingerprint density at radius 1 is 1.24 bits per heavy atom. The Morgan fingerprint density at radius 3 is 2.72 bits per heavy atom. The van der Waals surface area contributed by atoms with Crippen molar-refractivity contribution in [2.75, 3.05) is 5.32 Å². The van der Waals surface area contributed by atoms with E-state index in [9.17, 15) is 18.0 Å². The van der Waals surface area contributed by atoms with E-state index in [2.05, 4.69) is 10.3 Å². The van der Waals surface area contributed by atoms with Crippen LogP contribution < -0.4 is 5.32 Å². The highest BCUT2D eigenvalue weighted by molar-refractivity contribution is 7.20. The smallest absolute Gasteiger partial charge is 0.326 e. The van der Waals surface area contributed by atoms with Crippen molar-refractivity contribution in [1.29, 1.82) is 0 Å². The summed E-state index contributed by atoms with van der Waals surface area (Å²) in [5.41, 5.74) is 0.0789. The summed E-state index contributed by atoms with van der Waals surface area (Å²) < 4.78 is 38.8. The molecule has 0 aliphatic carbocycles. The van der Waals surface area contributed by atoms with Crippen LogP contribution in [0.15, 0.2) is 41.1 Å². The number of hydrogen-bond donors (Lipinski definition) is 1. The number of amides is 1. The largest absolute Gasteiger partial charge is 0.416 e. The minimum Gasteiger partial charge on any atom is -0.326 e. The molecule has 130 valence electrons. The van der Waals surface area contributed by atoms with Crippen LogP contribution in [0.1, 0.15) is 16.8 Å². The highest BCUT2D eigenvalue weighted by Crippen LogP contribution is 2.33. The fourth-order valence-corrected chi connectivity index (χ4v) is 3.91. The third-order valence-electron chi connectivity index (χ3n) is 3.45. The maximum absolute atomic E-state index is 12.9. The Balaban J connectivity index is 1.69. The third-order valence-corrected chi connectivity index (χ3v) is 5.38. The molecule has 1 amide bonds. The summed E-state index contributed by atoms with van der Waals surface area (Å²) in [6.07, 6.45) is -4.44. The molecule has 0 fully saturated rings. The van der Waals surface area contributed by atoms with E-state index in [0.717, 1.165) is 16.0 Å². The number of anilines is 1. The zero-order chi connectivity index (χ0) is 18.0. The molecule has 3 nitrogen and oxygen atoms in total. The highest BCUT2D eigenvalue weighted by atomic mass is 32.1. The van der Waals surface area contributed by atoms with E-state index >= 15 is 0 Å². The van der Waals surface area contributed by atoms with Gasteiger partial charge < -0.3 is 5.32 Å². The monoisotopic (exact) mass is 382 g/mol. The van der Waals surface area contributed by atoms with Crippen molar-refractivity contribution in [1.82, 2.24) is 4.98 Å². The number of thiophene rings is 1. The molecule has 0 unspecified atom stereocenters. The molecule has 0 saturated heterocycles. The Morgan fingerprint density at radius 2 is 2.04 bits per heavy atom. The molecule has 2 heterocycles. The average Bonchev–Trinajstić information content (AvgIpc) is 3.19. The topological polar surface area (TPSA) is 42.0 Å². The molecule has 1 aromatic carbocycles. The second-order valence-corrected chi connectivity index (χ2v) is 7.18. The van der Waals surface area contributed by atoms with E-state index in [0.29, 0.717) is 5.69 Å². The number of carbonyl (C=O) groups is 1. The van der Waals surface area contributed by atoms with Crippen LogP contribution in [0.3, 0.4) is 0 Å². The maximum atomic E-state index is 12.9. The van der Waals surface area contributed by atoms with Gasteiger partial charge in [0, 0.05) is 11.1 Å². The highest BCUT2D eigenvalue weighted by Gasteiger charge is 2.32. The second kappa shape index (κ2) is 6.97. The minimum absolute atomic E-state index is 0.0110. The van der Waals surface area contributed by atoms with Crippen molar-refractivity contribution in [3.05, 3.63) is 57.9 Å². The van der Waals surface area contributed by atoms with E-state index in [1.165, 1.54) is 30.4 Å². The predicted molar refractivity (Wildman–Crippen MR) is 93.9 cm³/mol. The second-order valence-electron chi connectivity index (χ2n) is 5.37. The lowest BCUT2D eigenvalue weighted by atomic mass is 10.1. The zero-order valence-electron chi connectivity index (χ0n) is 13.1. The van der Waals surface area contributed by atoms with Crippen molar-refractivity contribution < 1.29 is 18.0 Å². The predicted octanol–water partition coefficient (Wildman–Crippen LogP) is 5.38. The fourth-order valence-electron chi connectivity index (χ4n) is 2.28. The number of benzene rings is 1. The summed E-state index contributed by atoms with van der Waals surface area (Å²) in [6.45, 7) is 1.38. The van der Waals surface area contributed by atoms with Crippen LogP contribution in [-0.4, -0.2) is 10.9 Å². The fraction of sp³-hybridized carbons (Fsp3) is 0.176. The zero-order valence-corrected chi connectivity index (χ0v) is 14.7. The summed E-state index contributed by atoms with van der Waals surface area (Å²) in [7, 11) is 0. The van der Waals surface area contributed by atoms with Gasteiger partial charge in [0.1, 0.15) is 5.01 Å². The van der Waals surface area contributed by atoms with E-state index in [-0.39, 0.29) is 17.7 Å². The van der Waals surface area contributed by atoms with E-state index in [4.69, 9.17) is 0 Å². The maximum Gasteiger partial charge on any atom is 0.416 e. The van der Waals surface area contributed by atoms with Crippen LogP contribution in [0, 0.1) is 6.92 Å². The van der Waals surface area contributed by atoms with Crippen LogP contribution in [0.5, 0.6) is 0 Å². The van der Waals surface area contributed by atoms with Gasteiger partial charge in [-0.3, -0.25) is 4.79 Å². The van der Waals surface area contributed by atoms with Crippen molar-refractivity contribution in [2.45, 2.75) is 19.5 Å².